The maximum absolute atomic E-state index is 13.3. The monoisotopic (exact) mass is 291 g/mol. The van der Waals surface area contributed by atoms with Crippen LogP contribution in [0.15, 0.2) is 18.2 Å². The molecule has 1 amide bonds. The molecule has 0 unspecified atom stereocenters. The summed E-state index contributed by atoms with van der Waals surface area (Å²) in [6.07, 6.45) is 1.89. The van der Waals surface area contributed by atoms with Crippen molar-refractivity contribution in [3.8, 4) is 0 Å². The summed E-state index contributed by atoms with van der Waals surface area (Å²) < 4.78 is 13.3. The lowest BCUT2D eigenvalue weighted by Crippen LogP contribution is -2.33. The first-order chi connectivity index (χ1) is 8.60. The molecule has 0 aliphatic heterocycles. The van der Waals surface area contributed by atoms with Gasteiger partial charge in [-0.2, -0.15) is 0 Å². The number of benzene rings is 1. The van der Waals surface area contributed by atoms with E-state index in [1.54, 1.807) is 4.90 Å². The maximum atomic E-state index is 13.3. The molecule has 0 fully saturated rings. The standard InChI is InChI=1S/C13H16Cl2FNO/c1-2-3-7-17(8-6-14)13(18)10-4-5-11(15)12(16)9-10/h4-5,9H,2-3,6-8H2,1H3. The summed E-state index contributed by atoms with van der Waals surface area (Å²) in [6.45, 7) is 3.14. The summed E-state index contributed by atoms with van der Waals surface area (Å²) in [6, 6.07) is 4.08. The molecule has 100 valence electrons. The molecule has 2 nitrogen and oxygen atoms in total. The summed E-state index contributed by atoms with van der Waals surface area (Å²) in [4.78, 5) is 13.8. The van der Waals surface area contributed by atoms with Gasteiger partial charge >= 0.3 is 0 Å². The van der Waals surface area contributed by atoms with Crippen molar-refractivity contribution in [2.24, 2.45) is 0 Å². The molecule has 0 N–H and O–H groups in total. The second kappa shape index (κ2) is 7.59. The van der Waals surface area contributed by atoms with Gasteiger partial charge in [-0.05, 0) is 24.6 Å². The number of carbonyl (C=O) groups excluding carboxylic acids is 1. The Morgan fingerprint density at radius 1 is 1.39 bits per heavy atom. The molecule has 0 aromatic heterocycles. The minimum atomic E-state index is -0.580. The van der Waals surface area contributed by atoms with Crippen molar-refractivity contribution < 1.29 is 9.18 Å². The zero-order valence-corrected chi connectivity index (χ0v) is 11.8. The van der Waals surface area contributed by atoms with Gasteiger partial charge in [0, 0.05) is 24.5 Å². The van der Waals surface area contributed by atoms with E-state index in [9.17, 15) is 9.18 Å². The smallest absolute Gasteiger partial charge is 0.253 e. The maximum Gasteiger partial charge on any atom is 0.253 e. The third-order valence-corrected chi connectivity index (χ3v) is 3.07. The highest BCUT2D eigenvalue weighted by atomic mass is 35.5. The van der Waals surface area contributed by atoms with E-state index in [4.69, 9.17) is 23.2 Å². The van der Waals surface area contributed by atoms with Crippen molar-refractivity contribution in [2.75, 3.05) is 19.0 Å². The van der Waals surface area contributed by atoms with E-state index < -0.39 is 5.82 Å². The Morgan fingerprint density at radius 2 is 2.11 bits per heavy atom. The van der Waals surface area contributed by atoms with E-state index in [2.05, 4.69) is 0 Å². The van der Waals surface area contributed by atoms with E-state index in [0.29, 0.717) is 24.5 Å². The van der Waals surface area contributed by atoms with Crippen LogP contribution < -0.4 is 0 Å². The molecule has 0 saturated heterocycles. The summed E-state index contributed by atoms with van der Waals surface area (Å²) in [5, 5.41) is 0.0176. The molecule has 0 radical (unpaired) electrons. The van der Waals surface area contributed by atoms with Crippen molar-refractivity contribution in [1.82, 2.24) is 4.90 Å². The van der Waals surface area contributed by atoms with E-state index in [1.165, 1.54) is 12.1 Å². The van der Waals surface area contributed by atoms with Crippen molar-refractivity contribution in [3.05, 3.63) is 34.6 Å². The topological polar surface area (TPSA) is 20.3 Å². The largest absolute Gasteiger partial charge is 0.337 e. The molecule has 1 rings (SSSR count). The Balaban J connectivity index is 2.83. The zero-order valence-electron chi connectivity index (χ0n) is 10.3. The normalized spacial score (nSPS) is 10.4. The first kappa shape index (κ1) is 15.3. The molecule has 0 saturated carbocycles. The number of unbranched alkanes of at least 4 members (excludes halogenated alkanes) is 1. The van der Waals surface area contributed by atoms with Crippen LogP contribution in [0.1, 0.15) is 30.1 Å². The van der Waals surface area contributed by atoms with Crippen molar-refractivity contribution in [1.29, 1.82) is 0 Å². The first-order valence-corrected chi connectivity index (χ1v) is 6.81. The lowest BCUT2D eigenvalue weighted by molar-refractivity contribution is 0.0763. The molecule has 0 spiro atoms. The van der Waals surface area contributed by atoms with Gasteiger partial charge in [-0.25, -0.2) is 4.39 Å². The van der Waals surface area contributed by atoms with Crippen LogP contribution in [-0.4, -0.2) is 29.8 Å². The minimum absolute atomic E-state index is 0.0176. The molecule has 1 aromatic rings. The summed E-state index contributed by atoms with van der Waals surface area (Å²) in [5.74, 6) is -0.422. The first-order valence-electron chi connectivity index (χ1n) is 5.90. The van der Waals surface area contributed by atoms with E-state index in [-0.39, 0.29) is 10.9 Å². The predicted octanol–water partition coefficient (Wildman–Crippen LogP) is 3.96. The Morgan fingerprint density at radius 3 is 2.67 bits per heavy atom. The third-order valence-electron chi connectivity index (χ3n) is 2.59. The molecular weight excluding hydrogens is 276 g/mol. The molecule has 0 atom stereocenters. The lowest BCUT2D eigenvalue weighted by atomic mass is 10.2. The minimum Gasteiger partial charge on any atom is -0.337 e. The van der Waals surface area contributed by atoms with Crippen molar-refractivity contribution in [3.63, 3.8) is 0 Å². The number of alkyl halides is 1. The van der Waals surface area contributed by atoms with Crippen molar-refractivity contribution >= 4 is 29.1 Å². The van der Waals surface area contributed by atoms with E-state index in [0.717, 1.165) is 18.9 Å². The van der Waals surface area contributed by atoms with Crippen LogP contribution >= 0.6 is 23.2 Å². The van der Waals surface area contributed by atoms with Gasteiger partial charge in [0.2, 0.25) is 0 Å². The highest BCUT2D eigenvalue weighted by molar-refractivity contribution is 6.30. The zero-order chi connectivity index (χ0) is 13.5. The van der Waals surface area contributed by atoms with Crippen LogP contribution in [0.25, 0.3) is 0 Å². The highest BCUT2D eigenvalue weighted by Gasteiger charge is 2.16. The van der Waals surface area contributed by atoms with Crippen LogP contribution in [0.5, 0.6) is 0 Å². The van der Waals surface area contributed by atoms with E-state index in [1.807, 2.05) is 6.92 Å². The second-order valence-electron chi connectivity index (χ2n) is 3.96. The fourth-order valence-corrected chi connectivity index (χ4v) is 1.90. The Hall–Kier alpha value is -0.800. The highest BCUT2D eigenvalue weighted by Crippen LogP contribution is 2.17. The molecule has 0 aliphatic rings. The Labute approximate surface area is 117 Å². The number of carbonyl (C=O) groups is 1. The van der Waals surface area contributed by atoms with Crippen LogP contribution in [-0.2, 0) is 0 Å². The Bertz CT molecular complexity index is 412. The number of amides is 1. The number of nitrogens with zero attached hydrogens (tertiary/aromatic N) is 1. The van der Waals surface area contributed by atoms with Crippen LogP contribution in [0.4, 0.5) is 4.39 Å². The lowest BCUT2D eigenvalue weighted by Gasteiger charge is -2.21. The summed E-state index contributed by atoms with van der Waals surface area (Å²) in [7, 11) is 0. The van der Waals surface area contributed by atoms with Gasteiger partial charge in [-0.1, -0.05) is 24.9 Å². The summed E-state index contributed by atoms with van der Waals surface area (Å²) >= 11 is 11.3. The number of halogens is 3. The molecule has 0 heterocycles. The molecule has 18 heavy (non-hydrogen) atoms. The predicted molar refractivity (Wildman–Crippen MR) is 72.9 cm³/mol. The molecule has 0 bridgehead atoms. The van der Waals surface area contributed by atoms with Gasteiger partial charge < -0.3 is 4.90 Å². The second-order valence-corrected chi connectivity index (χ2v) is 4.75. The van der Waals surface area contributed by atoms with Crippen LogP contribution in [0.2, 0.25) is 5.02 Å². The van der Waals surface area contributed by atoms with Crippen LogP contribution in [0.3, 0.4) is 0 Å². The van der Waals surface area contributed by atoms with Crippen molar-refractivity contribution in [2.45, 2.75) is 19.8 Å². The third kappa shape index (κ3) is 4.14. The molecule has 1 aromatic carbocycles. The van der Waals surface area contributed by atoms with Gasteiger partial charge in [0.1, 0.15) is 5.82 Å². The average Bonchev–Trinajstić information content (AvgIpc) is 2.37. The van der Waals surface area contributed by atoms with Gasteiger partial charge in [0.15, 0.2) is 0 Å². The number of hydrogen-bond acceptors (Lipinski definition) is 1. The molecule has 5 heteroatoms. The SMILES string of the molecule is CCCCN(CCCl)C(=O)c1ccc(Cl)c(F)c1. The molecular formula is C13H16Cl2FNO. The van der Waals surface area contributed by atoms with Gasteiger partial charge in [0.25, 0.3) is 5.91 Å². The van der Waals surface area contributed by atoms with E-state index >= 15 is 0 Å². The fraction of sp³-hybridized carbons (Fsp3) is 0.462. The van der Waals surface area contributed by atoms with Gasteiger partial charge in [-0.15, -0.1) is 11.6 Å². The van der Waals surface area contributed by atoms with Gasteiger partial charge in [-0.3, -0.25) is 4.79 Å². The molecule has 0 aliphatic carbocycles. The summed E-state index contributed by atoms with van der Waals surface area (Å²) in [5.41, 5.74) is 0.304. The average molecular weight is 292 g/mol. The quantitative estimate of drug-likeness (QED) is 0.727. The van der Waals surface area contributed by atoms with Crippen LogP contribution in [0, 0.1) is 5.82 Å². The number of hydrogen-bond donors (Lipinski definition) is 0. The fourth-order valence-electron chi connectivity index (χ4n) is 1.58. The number of rotatable bonds is 6. The van der Waals surface area contributed by atoms with Gasteiger partial charge in [0.05, 0.1) is 5.02 Å². The Kier molecular flexibility index (Phi) is 6.44.